The second-order valence-electron chi connectivity index (χ2n) is 7.42. The van der Waals surface area contributed by atoms with E-state index in [0.717, 1.165) is 17.5 Å². The topological polar surface area (TPSA) is 73.4 Å². The van der Waals surface area contributed by atoms with Crippen LogP contribution in [0.5, 0.6) is 5.75 Å². The number of fused-ring (bicyclic) bond motifs is 2. The van der Waals surface area contributed by atoms with Crippen molar-refractivity contribution in [1.29, 1.82) is 0 Å². The fraction of sp³-hybridized carbons (Fsp3) is 0.261. The SMILES string of the molecule is C[C@@H](NC(=O)NCC1Cc2ccc(O)cc2CN1)c1ccc2ccccc2c1. The van der Waals surface area contributed by atoms with Crippen LogP contribution in [0.2, 0.25) is 0 Å². The highest BCUT2D eigenvalue weighted by Gasteiger charge is 2.19. The zero-order valence-corrected chi connectivity index (χ0v) is 15.9. The van der Waals surface area contributed by atoms with Crippen LogP contribution in [0.15, 0.2) is 60.7 Å². The second-order valence-corrected chi connectivity index (χ2v) is 7.42. The summed E-state index contributed by atoms with van der Waals surface area (Å²) >= 11 is 0. The summed E-state index contributed by atoms with van der Waals surface area (Å²) in [5, 5.41) is 21.3. The van der Waals surface area contributed by atoms with Gasteiger partial charge in [0.25, 0.3) is 0 Å². The average molecular weight is 375 g/mol. The van der Waals surface area contributed by atoms with Crippen molar-refractivity contribution in [3.05, 3.63) is 77.4 Å². The van der Waals surface area contributed by atoms with Gasteiger partial charge in [-0.2, -0.15) is 0 Å². The van der Waals surface area contributed by atoms with Gasteiger partial charge in [-0.25, -0.2) is 4.79 Å². The quantitative estimate of drug-likeness (QED) is 0.563. The van der Waals surface area contributed by atoms with E-state index in [-0.39, 0.29) is 18.1 Å². The lowest BCUT2D eigenvalue weighted by Crippen LogP contribution is -2.47. The summed E-state index contributed by atoms with van der Waals surface area (Å²) in [5.74, 6) is 0.291. The molecule has 1 aliphatic heterocycles. The molecular formula is C23H25N3O2. The monoisotopic (exact) mass is 375 g/mol. The first-order valence-corrected chi connectivity index (χ1v) is 9.66. The van der Waals surface area contributed by atoms with Gasteiger partial charge in [0.2, 0.25) is 0 Å². The summed E-state index contributed by atoms with van der Waals surface area (Å²) in [4.78, 5) is 12.3. The van der Waals surface area contributed by atoms with Gasteiger partial charge < -0.3 is 21.1 Å². The van der Waals surface area contributed by atoms with Crippen LogP contribution in [0.25, 0.3) is 10.8 Å². The van der Waals surface area contributed by atoms with Crippen LogP contribution in [0.1, 0.15) is 29.7 Å². The maximum Gasteiger partial charge on any atom is 0.315 e. The maximum atomic E-state index is 12.3. The summed E-state index contributed by atoms with van der Waals surface area (Å²) < 4.78 is 0. The molecule has 3 aromatic carbocycles. The normalized spacial score (nSPS) is 17.0. The van der Waals surface area contributed by atoms with Crippen molar-refractivity contribution in [2.75, 3.05) is 6.54 Å². The van der Waals surface area contributed by atoms with Crippen LogP contribution in [-0.2, 0) is 13.0 Å². The van der Waals surface area contributed by atoms with Gasteiger partial charge in [-0.3, -0.25) is 0 Å². The molecule has 0 aromatic heterocycles. The first kappa shape index (κ1) is 18.3. The summed E-state index contributed by atoms with van der Waals surface area (Å²) in [7, 11) is 0. The van der Waals surface area contributed by atoms with Gasteiger partial charge >= 0.3 is 6.03 Å². The zero-order chi connectivity index (χ0) is 19.5. The number of carbonyl (C=O) groups is 1. The van der Waals surface area contributed by atoms with Gasteiger partial charge in [-0.05, 0) is 59.0 Å². The number of aromatic hydroxyl groups is 1. The smallest absolute Gasteiger partial charge is 0.315 e. The summed E-state index contributed by atoms with van der Waals surface area (Å²) in [6, 6.07) is 19.9. The summed E-state index contributed by atoms with van der Waals surface area (Å²) in [6.07, 6.45) is 0.829. The predicted molar refractivity (Wildman–Crippen MR) is 111 cm³/mol. The molecule has 3 aromatic rings. The summed E-state index contributed by atoms with van der Waals surface area (Å²) in [5.41, 5.74) is 3.41. The van der Waals surface area contributed by atoms with E-state index in [2.05, 4.69) is 46.3 Å². The molecule has 2 atom stereocenters. The summed E-state index contributed by atoms with van der Waals surface area (Å²) in [6.45, 7) is 3.24. The van der Waals surface area contributed by atoms with E-state index in [1.54, 1.807) is 12.1 Å². The Labute approximate surface area is 164 Å². The number of nitrogens with one attached hydrogen (secondary N) is 3. The van der Waals surface area contributed by atoms with Crippen molar-refractivity contribution in [3.8, 4) is 5.75 Å². The van der Waals surface area contributed by atoms with E-state index in [0.29, 0.717) is 18.8 Å². The largest absolute Gasteiger partial charge is 0.508 e. The van der Waals surface area contributed by atoms with E-state index in [9.17, 15) is 9.90 Å². The molecule has 0 spiro atoms. The molecule has 144 valence electrons. The minimum atomic E-state index is -0.168. The third-order valence-electron chi connectivity index (χ3n) is 5.37. The molecule has 0 fully saturated rings. The van der Waals surface area contributed by atoms with Crippen LogP contribution < -0.4 is 16.0 Å². The molecule has 2 amide bonds. The van der Waals surface area contributed by atoms with Crippen molar-refractivity contribution in [2.24, 2.45) is 0 Å². The van der Waals surface area contributed by atoms with E-state index in [1.807, 2.05) is 25.1 Å². The number of hydrogen-bond acceptors (Lipinski definition) is 3. The average Bonchev–Trinajstić information content (AvgIpc) is 2.71. The number of benzene rings is 3. The molecule has 1 unspecified atom stereocenters. The van der Waals surface area contributed by atoms with Gasteiger partial charge in [-0.15, -0.1) is 0 Å². The van der Waals surface area contributed by atoms with E-state index in [4.69, 9.17) is 0 Å². The van der Waals surface area contributed by atoms with Gasteiger partial charge in [0.15, 0.2) is 0 Å². The number of carbonyl (C=O) groups excluding carboxylic acids is 1. The van der Waals surface area contributed by atoms with Crippen molar-refractivity contribution in [3.63, 3.8) is 0 Å². The number of hydrogen-bond donors (Lipinski definition) is 4. The Morgan fingerprint density at radius 2 is 1.93 bits per heavy atom. The fourth-order valence-electron chi connectivity index (χ4n) is 3.74. The molecule has 0 saturated heterocycles. The molecule has 0 bridgehead atoms. The first-order valence-electron chi connectivity index (χ1n) is 9.66. The molecule has 0 saturated carbocycles. The molecule has 4 N–H and O–H groups in total. The minimum absolute atomic E-state index is 0.0763. The Hall–Kier alpha value is -3.05. The number of rotatable bonds is 4. The highest BCUT2D eigenvalue weighted by atomic mass is 16.3. The van der Waals surface area contributed by atoms with E-state index < -0.39 is 0 Å². The molecule has 5 heteroatoms. The second kappa shape index (κ2) is 7.90. The number of phenolic OH excluding ortho intramolecular Hbond substituents is 1. The zero-order valence-electron chi connectivity index (χ0n) is 15.9. The van der Waals surface area contributed by atoms with Crippen molar-refractivity contribution in [2.45, 2.75) is 32.0 Å². The van der Waals surface area contributed by atoms with E-state index >= 15 is 0 Å². The van der Waals surface area contributed by atoms with Crippen LogP contribution >= 0.6 is 0 Å². The molecule has 1 heterocycles. The molecular weight excluding hydrogens is 350 g/mol. The van der Waals surface area contributed by atoms with Crippen molar-refractivity contribution < 1.29 is 9.90 Å². The molecule has 0 radical (unpaired) electrons. The van der Waals surface area contributed by atoms with Gasteiger partial charge in [0, 0.05) is 19.1 Å². The fourth-order valence-corrected chi connectivity index (χ4v) is 3.74. The van der Waals surface area contributed by atoms with Crippen LogP contribution in [0.3, 0.4) is 0 Å². The molecule has 1 aliphatic rings. The van der Waals surface area contributed by atoms with Gasteiger partial charge in [0.1, 0.15) is 5.75 Å². The molecule has 28 heavy (non-hydrogen) atoms. The Morgan fingerprint density at radius 1 is 1.11 bits per heavy atom. The van der Waals surface area contributed by atoms with Crippen LogP contribution in [0.4, 0.5) is 4.79 Å². The van der Waals surface area contributed by atoms with Crippen molar-refractivity contribution >= 4 is 16.8 Å². The highest BCUT2D eigenvalue weighted by molar-refractivity contribution is 5.83. The highest BCUT2D eigenvalue weighted by Crippen LogP contribution is 2.22. The number of phenols is 1. The van der Waals surface area contributed by atoms with E-state index in [1.165, 1.54) is 16.3 Å². The Bertz CT molecular complexity index is 1000. The van der Waals surface area contributed by atoms with Gasteiger partial charge in [0.05, 0.1) is 6.04 Å². The minimum Gasteiger partial charge on any atom is -0.508 e. The standard InChI is InChI=1S/C23H25N3O2/c1-15(17-7-6-16-4-2-3-5-18(16)10-17)26-23(28)25-14-21-11-19-8-9-22(27)12-20(19)13-24-21/h2-10,12,15,21,24,27H,11,13-14H2,1H3,(H2,25,26,28)/t15-,21?/m1/s1. The molecule has 0 aliphatic carbocycles. The predicted octanol–water partition coefficient (Wildman–Crippen LogP) is 3.62. The first-order chi connectivity index (χ1) is 13.6. The Balaban J connectivity index is 1.31. The Kier molecular flexibility index (Phi) is 5.17. The maximum absolute atomic E-state index is 12.3. The third kappa shape index (κ3) is 4.10. The van der Waals surface area contributed by atoms with Crippen molar-refractivity contribution in [1.82, 2.24) is 16.0 Å². The lowest BCUT2D eigenvalue weighted by atomic mass is 9.95. The Morgan fingerprint density at radius 3 is 2.79 bits per heavy atom. The number of amides is 2. The molecule has 4 rings (SSSR count). The number of urea groups is 1. The molecule has 5 nitrogen and oxygen atoms in total. The third-order valence-corrected chi connectivity index (χ3v) is 5.37. The van der Waals surface area contributed by atoms with Crippen LogP contribution in [-0.4, -0.2) is 23.7 Å². The van der Waals surface area contributed by atoms with Crippen LogP contribution in [0, 0.1) is 0 Å². The lowest BCUT2D eigenvalue weighted by molar-refractivity contribution is 0.236. The lowest BCUT2D eigenvalue weighted by Gasteiger charge is -2.27. The van der Waals surface area contributed by atoms with Gasteiger partial charge in [-0.1, -0.05) is 42.5 Å².